The molecule has 1 atom stereocenters. The van der Waals surface area contributed by atoms with Crippen LogP contribution in [0.3, 0.4) is 0 Å². The molecule has 0 aliphatic heterocycles. The third-order valence-corrected chi connectivity index (χ3v) is 6.53. The maximum Gasteiger partial charge on any atom is 0.416 e. The van der Waals surface area contributed by atoms with E-state index in [0.29, 0.717) is 40.1 Å². The molecule has 0 aliphatic carbocycles. The van der Waals surface area contributed by atoms with Gasteiger partial charge in [-0.05, 0) is 89.5 Å². The summed E-state index contributed by atoms with van der Waals surface area (Å²) in [7, 11) is 0. The van der Waals surface area contributed by atoms with Crippen molar-refractivity contribution < 1.29 is 31.4 Å². The fourth-order valence-electron chi connectivity index (χ4n) is 4.65. The van der Waals surface area contributed by atoms with E-state index in [0.717, 1.165) is 24.3 Å². The number of aliphatic hydroxyl groups is 1. The Morgan fingerprint density at radius 1 is 0.795 bits per heavy atom. The Labute approximate surface area is 223 Å². The molecule has 2 nitrogen and oxygen atoms in total. The zero-order valence-electron chi connectivity index (χ0n) is 21.4. The number of pyridine rings is 1. The van der Waals surface area contributed by atoms with Gasteiger partial charge in [0.05, 0.1) is 17.0 Å². The molecular weight excluding hydrogens is 516 g/mol. The minimum Gasteiger partial charge on any atom is -0.396 e. The molecule has 0 radical (unpaired) electrons. The van der Waals surface area contributed by atoms with Gasteiger partial charge in [0.15, 0.2) is 6.17 Å². The molecule has 4 aromatic rings. The quantitative estimate of drug-likeness (QED) is 0.225. The Balaban J connectivity index is 2.05. The van der Waals surface area contributed by atoms with Crippen LogP contribution in [0.4, 0.5) is 26.3 Å². The van der Waals surface area contributed by atoms with Crippen LogP contribution in [0, 0.1) is 11.6 Å². The molecule has 8 heteroatoms. The molecule has 0 spiro atoms. The van der Waals surface area contributed by atoms with E-state index < -0.39 is 29.5 Å². The molecule has 4 rings (SSSR count). The molecule has 1 unspecified atom stereocenters. The molecule has 0 saturated carbocycles. The van der Waals surface area contributed by atoms with Crippen molar-refractivity contribution in [1.82, 2.24) is 4.98 Å². The first-order chi connectivity index (χ1) is 18.5. The number of hydrogen-bond donors (Lipinski definition) is 1. The highest BCUT2D eigenvalue weighted by Gasteiger charge is 2.32. The van der Waals surface area contributed by atoms with Gasteiger partial charge in [-0.2, -0.15) is 13.2 Å². The van der Waals surface area contributed by atoms with Gasteiger partial charge in [0.25, 0.3) is 0 Å². The fourth-order valence-corrected chi connectivity index (χ4v) is 4.65. The van der Waals surface area contributed by atoms with Crippen molar-refractivity contribution in [1.29, 1.82) is 0 Å². The Bertz CT molecular complexity index is 1410. The molecule has 0 amide bonds. The van der Waals surface area contributed by atoms with Gasteiger partial charge in [-0.25, -0.2) is 13.2 Å². The summed E-state index contributed by atoms with van der Waals surface area (Å²) in [5.41, 5.74) is 2.17. The van der Waals surface area contributed by atoms with Gasteiger partial charge in [-0.15, -0.1) is 0 Å². The number of benzene rings is 3. The summed E-state index contributed by atoms with van der Waals surface area (Å²) >= 11 is 0. The van der Waals surface area contributed by atoms with Crippen LogP contribution in [0.5, 0.6) is 0 Å². The van der Waals surface area contributed by atoms with E-state index in [-0.39, 0.29) is 30.1 Å². The number of halogens is 6. The highest BCUT2D eigenvalue weighted by Crippen LogP contribution is 2.44. The Hall–Kier alpha value is -3.65. The molecule has 1 aromatic heterocycles. The molecule has 1 heterocycles. The fraction of sp³-hybridized carbons (Fsp3) is 0.258. The summed E-state index contributed by atoms with van der Waals surface area (Å²) in [5.74, 6) is -1.24. The van der Waals surface area contributed by atoms with Gasteiger partial charge in [0, 0.05) is 17.7 Å². The average molecular weight is 544 g/mol. The lowest BCUT2D eigenvalue weighted by molar-refractivity contribution is -0.137. The summed E-state index contributed by atoms with van der Waals surface area (Å²) in [6, 6.07) is 15.1. The van der Waals surface area contributed by atoms with Gasteiger partial charge in [-0.1, -0.05) is 38.1 Å². The Morgan fingerprint density at radius 2 is 1.33 bits per heavy atom. The van der Waals surface area contributed by atoms with Gasteiger partial charge in [0.2, 0.25) is 0 Å². The highest BCUT2D eigenvalue weighted by atomic mass is 19.4. The highest BCUT2D eigenvalue weighted by molar-refractivity contribution is 5.80. The summed E-state index contributed by atoms with van der Waals surface area (Å²) in [6.45, 7) is 3.48. The van der Waals surface area contributed by atoms with Crippen molar-refractivity contribution in [3.63, 3.8) is 0 Å². The van der Waals surface area contributed by atoms with Crippen molar-refractivity contribution in [2.24, 2.45) is 0 Å². The van der Waals surface area contributed by atoms with E-state index >= 15 is 4.39 Å². The number of nitrogens with zero attached hydrogens (tertiary/aromatic N) is 1. The number of hydrogen-bond acceptors (Lipinski definition) is 2. The Kier molecular flexibility index (Phi) is 8.45. The van der Waals surface area contributed by atoms with E-state index in [1.807, 2.05) is 13.8 Å². The number of aromatic nitrogens is 1. The average Bonchev–Trinajstić information content (AvgIpc) is 2.91. The van der Waals surface area contributed by atoms with Crippen molar-refractivity contribution in [2.45, 2.75) is 45.0 Å². The van der Waals surface area contributed by atoms with Crippen molar-refractivity contribution in [3.8, 4) is 22.4 Å². The van der Waals surface area contributed by atoms with Crippen LogP contribution in [0.2, 0.25) is 0 Å². The zero-order valence-corrected chi connectivity index (χ0v) is 21.4. The molecule has 0 fully saturated rings. The first kappa shape index (κ1) is 28.4. The van der Waals surface area contributed by atoms with E-state index in [1.54, 1.807) is 12.1 Å². The van der Waals surface area contributed by atoms with Crippen LogP contribution in [0.1, 0.15) is 60.3 Å². The van der Waals surface area contributed by atoms with Crippen LogP contribution in [0.25, 0.3) is 22.4 Å². The third kappa shape index (κ3) is 6.17. The standard InChI is InChI=1S/C31H27F6NO/c1-18(2)29-27(28(34)20-5-11-22(12-6-20)31(35,36)37)26(19-7-13-23(32)14-8-19)25(4-3-17-39)30(38-29)21-9-15-24(33)16-10-21/h5-16,18,28,39H,3-4,17H2,1-2H3. The molecule has 0 saturated heterocycles. The molecule has 1 N–H and O–H groups in total. The lowest BCUT2D eigenvalue weighted by Gasteiger charge is -2.26. The van der Waals surface area contributed by atoms with Crippen molar-refractivity contribution in [3.05, 3.63) is 112 Å². The molecule has 0 aliphatic rings. The number of alkyl halides is 4. The summed E-state index contributed by atoms with van der Waals surface area (Å²) in [4.78, 5) is 4.83. The number of rotatable bonds is 8. The van der Waals surface area contributed by atoms with Crippen LogP contribution < -0.4 is 0 Å². The molecular formula is C31H27F6NO. The third-order valence-electron chi connectivity index (χ3n) is 6.53. The monoisotopic (exact) mass is 543 g/mol. The largest absolute Gasteiger partial charge is 0.416 e. The first-order valence-electron chi connectivity index (χ1n) is 12.5. The molecule has 39 heavy (non-hydrogen) atoms. The second-order valence-electron chi connectivity index (χ2n) is 9.59. The SMILES string of the molecule is CC(C)c1nc(-c2ccc(F)cc2)c(CCCO)c(-c2ccc(F)cc2)c1C(F)c1ccc(C(F)(F)F)cc1. The predicted molar refractivity (Wildman–Crippen MR) is 139 cm³/mol. The smallest absolute Gasteiger partial charge is 0.396 e. The van der Waals surface area contributed by atoms with E-state index in [4.69, 9.17) is 4.98 Å². The van der Waals surface area contributed by atoms with Gasteiger partial charge in [-0.3, -0.25) is 4.98 Å². The maximum absolute atomic E-state index is 16.5. The van der Waals surface area contributed by atoms with E-state index in [2.05, 4.69) is 0 Å². The van der Waals surface area contributed by atoms with Crippen molar-refractivity contribution in [2.75, 3.05) is 6.61 Å². The summed E-state index contributed by atoms with van der Waals surface area (Å²) in [5, 5.41) is 9.63. The second-order valence-corrected chi connectivity index (χ2v) is 9.59. The van der Waals surface area contributed by atoms with E-state index in [9.17, 15) is 27.1 Å². The van der Waals surface area contributed by atoms with Crippen LogP contribution >= 0.6 is 0 Å². The minimum absolute atomic E-state index is 0.0118. The van der Waals surface area contributed by atoms with Crippen LogP contribution in [-0.4, -0.2) is 16.7 Å². The van der Waals surface area contributed by atoms with Crippen molar-refractivity contribution >= 4 is 0 Å². The van der Waals surface area contributed by atoms with Gasteiger partial charge < -0.3 is 5.11 Å². The van der Waals surface area contributed by atoms with Crippen LogP contribution in [-0.2, 0) is 12.6 Å². The molecule has 204 valence electrons. The van der Waals surface area contributed by atoms with Gasteiger partial charge in [0.1, 0.15) is 11.6 Å². The summed E-state index contributed by atoms with van der Waals surface area (Å²) < 4.78 is 83.7. The molecule has 3 aromatic carbocycles. The lowest BCUT2D eigenvalue weighted by atomic mass is 9.83. The predicted octanol–water partition coefficient (Wildman–Crippen LogP) is 8.82. The normalized spacial score (nSPS) is 12.7. The first-order valence-corrected chi connectivity index (χ1v) is 12.5. The van der Waals surface area contributed by atoms with Gasteiger partial charge >= 0.3 is 6.18 Å². The minimum atomic E-state index is -4.57. The number of aliphatic hydroxyl groups excluding tert-OH is 1. The van der Waals surface area contributed by atoms with Crippen LogP contribution in [0.15, 0.2) is 72.8 Å². The Morgan fingerprint density at radius 3 is 1.82 bits per heavy atom. The topological polar surface area (TPSA) is 33.1 Å². The zero-order chi connectivity index (χ0) is 28.3. The second kappa shape index (κ2) is 11.6. The summed E-state index contributed by atoms with van der Waals surface area (Å²) in [6.07, 6.45) is -5.84. The molecule has 0 bridgehead atoms. The lowest BCUT2D eigenvalue weighted by Crippen LogP contribution is -2.13. The maximum atomic E-state index is 16.5. The van der Waals surface area contributed by atoms with E-state index in [1.165, 1.54) is 36.4 Å².